The predicted octanol–water partition coefficient (Wildman–Crippen LogP) is -3.48. The van der Waals surface area contributed by atoms with Gasteiger partial charge in [0.25, 0.3) is 0 Å². The van der Waals surface area contributed by atoms with Crippen molar-refractivity contribution in [2.24, 2.45) is 23.7 Å². The van der Waals surface area contributed by atoms with Gasteiger partial charge in [-0.25, -0.2) is 9.59 Å². The first-order valence-electron chi connectivity index (χ1n) is 29.3. The zero-order valence-electron chi connectivity index (χ0n) is 47.7. The highest BCUT2D eigenvalue weighted by Crippen LogP contribution is 2.46. The minimum absolute atomic E-state index is 0.00140. The van der Waals surface area contributed by atoms with E-state index in [-0.39, 0.29) is 37.0 Å². The van der Waals surface area contributed by atoms with Crippen LogP contribution in [0.25, 0.3) is 0 Å². The lowest BCUT2D eigenvalue weighted by molar-refractivity contribution is -0.373. The summed E-state index contributed by atoms with van der Waals surface area (Å²) in [5.41, 5.74) is 0. The molecular weight excluding hydrogens is 1140 g/mol. The Morgan fingerprint density at radius 3 is 1.78 bits per heavy atom. The smallest absolute Gasteiger partial charge is 0.330 e. The maximum absolute atomic E-state index is 13.6. The normalized spacial score (nSPS) is 45.4. The van der Waals surface area contributed by atoms with E-state index in [1.807, 2.05) is 0 Å². The van der Waals surface area contributed by atoms with Crippen molar-refractivity contribution < 1.29 is 142 Å². The molecule has 0 amide bonds. The Kier molecular flexibility index (Phi) is 24.5. The number of carboxylic acids is 1. The molecule has 4 aliphatic carbocycles. The fourth-order valence-corrected chi connectivity index (χ4v) is 13.1. The Hall–Kier alpha value is -3.48. The van der Waals surface area contributed by atoms with E-state index in [0.29, 0.717) is 57.8 Å². The summed E-state index contributed by atoms with van der Waals surface area (Å²) in [5.74, 6) is -6.01. The average Bonchev–Trinajstić information content (AvgIpc) is 3.51. The highest BCUT2D eigenvalue weighted by molar-refractivity contribution is 5.90. The zero-order valence-corrected chi connectivity index (χ0v) is 47.7. The van der Waals surface area contributed by atoms with Gasteiger partial charge in [0.05, 0.1) is 67.6 Å². The Morgan fingerprint density at radius 2 is 1.11 bits per heavy atom. The fourth-order valence-electron chi connectivity index (χ4n) is 13.1. The van der Waals surface area contributed by atoms with Gasteiger partial charge in [0.1, 0.15) is 86.8 Å². The molecule has 0 spiro atoms. The number of aliphatic hydroxyl groups excluding tert-OH is 11. The Morgan fingerprint density at radius 1 is 0.494 bits per heavy atom. The molecule has 0 radical (unpaired) electrons. The minimum atomic E-state index is -1.99. The molecule has 4 saturated heterocycles. The number of methoxy groups -OCH3 is 3. The van der Waals surface area contributed by atoms with Crippen molar-refractivity contribution in [3.05, 3.63) is 24.3 Å². The van der Waals surface area contributed by atoms with Crippen molar-refractivity contribution in [3.8, 4) is 0 Å². The number of allylic oxidation sites excluding steroid dienone is 2. The van der Waals surface area contributed by atoms with Crippen LogP contribution in [0.3, 0.4) is 0 Å². The number of hydrogen-bond acceptors (Lipinski definition) is 28. The second-order valence-electron chi connectivity index (χ2n) is 23.7. The lowest BCUT2D eigenvalue weighted by Crippen LogP contribution is -2.65. The number of carbonyl (C=O) groups excluding carboxylic acids is 3. The summed E-state index contributed by atoms with van der Waals surface area (Å²) in [5, 5.41) is 131. The lowest BCUT2D eigenvalue weighted by Gasteiger charge is -2.52. The summed E-state index contributed by atoms with van der Waals surface area (Å²) in [6.07, 6.45) is -25.4. The van der Waals surface area contributed by atoms with Crippen LogP contribution in [0.2, 0.25) is 0 Å². The van der Waals surface area contributed by atoms with Crippen LogP contribution < -0.4 is 0 Å². The zero-order chi connectivity index (χ0) is 61.4. The first kappa shape index (κ1) is 67.5. The SMILES string of the molecule is COC1CC(C=CC(=O)OC[C@H]2O[C@@H](OC3CC4C(CC(O)CC4O[C@@H]4O[C@H](COC(=O)CC(=O)O)[C@@H](O)[C@H](O)[C@H]4O)OC3C3CCC(O)CC3)[C@H](O[C@@H]3OC[C@@H](O)[C@H](O)[C@H]3OC(=O)C=CC3CC(OC)C(O)C(OC)C3)[C@@H](O)[C@@H]2O)CCC1O. The molecule has 8 aliphatic rings. The monoisotopic (exact) mass is 1220 g/mol. The number of hydrogen-bond donors (Lipinski definition) is 12. The number of ether oxygens (including phenoxy) is 13. The standard InChI is InChI=1S/C56H86O29/c1-73-34-14-24(4-11-30(34)59)5-12-41(63)76-22-39-47(69)49(71)53(85-55-52(44(66)31(60)21-78-55)84-42(64)13-6-25-15-35(74-2)45(67)36(16-25)75-3)56(83-39)81-37-19-29-32(79-51(37)26-7-9-27(57)10-8-26)17-28(58)18-33(29)80-54-50(72)48(70)46(68)38(82-54)23-77-43(65)20-40(61)62/h5-6,12-13,24-39,44-60,66-72H,4,7-11,14-23H2,1-3H3,(H,61,62)/t24?,25?,26?,27?,28?,29?,30?,31-,32?,33?,34?,35?,36?,37?,38-,39-,44+,45?,46-,47-,48+,49+,50-,51?,52-,53-,54-,55+,56-/m1/s1. The molecular formula is C56H86O29. The van der Waals surface area contributed by atoms with Crippen molar-refractivity contribution in [1.82, 2.24) is 0 Å². The van der Waals surface area contributed by atoms with Gasteiger partial charge in [0.2, 0.25) is 0 Å². The topological polar surface area (TPSA) is 431 Å². The molecule has 8 rings (SSSR count). The highest BCUT2D eigenvalue weighted by atomic mass is 16.8. The number of fused-ring (bicyclic) bond motifs is 1. The van der Waals surface area contributed by atoms with Crippen molar-refractivity contribution in [1.29, 1.82) is 0 Å². The first-order valence-corrected chi connectivity index (χ1v) is 29.3. The number of carbonyl (C=O) groups is 4. The van der Waals surface area contributed by atoms with Gasteiger partial charge in [-0.1, -0.05) is 12.2 Å². The average molecular weight is 1220 g/mol. The lowest BCUT2D eigenvalue weighted by atomic mass is 9.73. The van der Waals surface area contributed by atoms with Gasteiger partial charge in [-0.2, -0.15) is 0 Å². The third-order valence-corrected chi connectivity index (χ3v) is 17.9. The van der Waals surface area contributed by atoms with Crippen molar-refractivity contribution >= 4 is 23.9 Å². The Balaban J connectivity index is 1.06. The van der Waals surface area contributed by atoms with E-state index in [0.717, 1.165) is 6.08 Å². The van der Waals surface area contributed by atoms with E-state index < -0.39 is 209 Å². The summed E-state index contributed by atoms with van der Waals surface area (Å²) >= 11 is 0. The fraction of sp³-hybridized carbons (Fsp3) is 0.857. The number of carboxylic acid groups (broad SMARTS) is 1. The maximum Gasteiger partial charge on any atom is 0.330 e. The van der Waals surface area contributed by atoms with Gasteiger partial charge in [0, 0.05) is 45.8 Å². The van der Waals surface area contributed by atoms with Crippen LogP contribution >= 0.6 is 0 Å². The molecule has 11 unspecified atom stereocenters. The van der Waals surface area contributed by atoms with E-state index in [9.17, 15) is 75.3 Å². The van der Waals surface area contributed by atoms with Crippen LogP contribution in [0.1, 0.15) is 83.5 Å². The van der Waals surface area contributed by atoms with E-state index in [1.165, 1.54) is 33.5 Å². The van der Waals surface area contributed by atoms with Crippen LogP contribution in [0.4, 0.5) is 0 Å². The third-order valence-electron chi connectivity index (χ3n) is 17.9. The van der Waals surface area contributed by atoms with Gasteiger partial charge >= 0.3 is 23.9 Å². The van der Waals surface area contributed by atoms with Crippen LogP contribution in [-0.2, 0) is 80.8 Å². The summed E-state index contributed by atoms with van der Waals surface area (Å²) in [7, 11) is 4.35. The molecule has 0 aromatic rings. The molecule has 85 heavy (non-hydrogen) atoms. The highest BCUT2D eigenvalue weighted by Gasteiger charge is 2.56. The molecule has 4 aliphatic heterocycles. The van der Waals surface area contributed by atoms with Crippen LogP contribution in [0.15, 0.2) is 24.3 Å². The van der Waals surface area contributed by atoms with Gasteiger partial charge in [-0.3, -0.25) is 9.59 Å². The van der Waals surface area contributed by atoms with E-state index >= 15 is 0 Å². The molecule has 0 aromatic heterocycles. The second-order valence-corrected chi connectivity index (χ2v) is 23.7. The van der Waals surface area contributed by atoms with Crippen molar-refractivity contribution in [2.45, 2.75) is 237 Å². The molecule has 4 heterocycles. The Bertz CT molecular complexity index is 2200. The maximum atomic E-state index is 13.6. The van der Waals surface area contributed by atoms with Crippen LogP contribution in [-0.4, -0.2) is 279 Å². The van der Waals surface area contributed by atoms with Crippen LogP contribution in [0, 0.1) is 23.7 Å². The predicted molar refractivity (Wildman–Crippen MR) is 281 cm³/mol. The molecule has 4 saturated carbocycles. The van der Waals surface area contributed by atoms with Gasteiger partial charge in [-0.15, -0.1) is 0 Å². The third kappa shape index (κ3) is 17.1. The summed E-state index contributed by atoms with van der Waals surface area (Å²) in [6.45, 7) is -1.96. The number of rotatable bonds is 21. The molecule has 12 N–H and O–H groups in total. The molecule has 25 atom stereocenters. The Labute approximate surface area is 490 Å². The van der Waals surface area contributed by atoms with Gasteiger partial charge < -0.3 is 123 Å². The second kappa shape index (κ2) is 30.8. The largest absolute Gasteiger partial charge is 0.481 e. The number of esters is 3. The molecule has 29 nitrogen and oxygen atoms in total. The first-order chi connectivity index (χ1) is 40.5. The van der Waals surface area contributed by atoms with Crippen LogP contribution in [0.5, 0.6) is 0 Å². The number of aliphatic hydroxyl groups is 11. The molecule has 29 heteroatoms. The summed E-state index contributed by atoms with van der Waals surface area (Å²) < 4.78 is 77.0. The molecule has 484 valence electrons. The number of aliphatic carboxylic acids is 1. The van der Waals surface area contributed by atoms with Gasteiger partial charge in [-0.05, 0) is 88.4 Å². The summed E-state index contributed by atoms with van der Waals surface area (Å²) in [6, 6.07) is 0. The quantitative estimate of drug-likeness (QED) is 0.0230. The molecule has 0 aromatic carbocycles. The minimum Gasteiger partial charge on any atom is -0.481 e. The van der Waals surface area contributed by atoms with E-state index in [2.05, 4.69) is 0 Å². The molecule has 0 bridgehead atoms. The van der Waals surface area contributed by atoms with E-state index in [1.54, 1.807) is 6.08 Å². The van der Waals surface area contributed by atoms with Crippen molar-refractivity contribution in [2.75, 3.05) is 41.2 Å². The molecule has 8 fully saturated rings. The summed E-state index contributed by atoms with van der Waals surface area (Å²) in [4.78, 5) is 50.0. The van der Waals surface area contributed by atoms with Crippen molar-refractivity contribution in [3.63, 3.8) is 0 Å². The van der Waals surface area contributed by atoms with E-state index in [4.69, 9.17) is 66.7 Å². The van der Waals surface area contributed by atoms with Gasteiger partial charge in [0.15, 0.2) is 25.0 Å².